The smallest absolute Gasteiger partial charge is 0.326 e. The molecule has 36 heavy (non-hydrogen) atoms. The summed E-state index contributed by atoms with van der Waals surface area (Å²) in [5.41, 5.74) is 7.26. The first kappa shape index (κ1) is 23.4. The van der Waals surface area contributed by atoms with E-state index < -0.39 is 6.04 Å². The number of aryl methyl sites for hydroxylation is 3. The summed E-state index contributed by atoms with van der Waals surface area (Å²) in [5, 5.41) is 7.42. The maximum Gasteiger partial charge on any atom is 0.326 e. The highest BCUT2D eigenvalue weighted by atomic mass is 16.5. The van der Waals surface area contributed by atoms with Gasteiger partial charge in [-0.3, -0.25) is 4.90 Å². The van der Waals surface area contributed by atoms with Gasteiger partial charge in [0.1, 0.15) is 5.75 Å². The zero-order chi connectivity index (χ0) is 25.4. The highest BCUT2D eigenvalue weighted by Gasteiger charge is 2.36. The van der Waals surface area contributed by atoms with Gasteiger partial charge >= 0.3 is 6.03 Å². The van der Waals surface area contributed by atoms with Crippen molar-refractivity contribution in [1.29, 1.82) is 0 Å². The summed E-state index contributed by atoms with van der Waals surface area (Å²) < 4.78 is 11.1. The van der Waals surface area contributed by atoms with Gasteiger partial charge in [0.25, 0.3) is 5.89 Å². The van der Waals surface area contributed by atoms with E-state index in [1.807, 2.05) is 88.4 Å². The van der Waals surface area contributed by atoms with Crippen molar-refractivity contribution in [3.05, 3.63) is 101 Å². The van der Waals surface area contributed by atoms with Crippen LogP contribution in [0.1, 0.15) is 41.1 Å². The zero-order valence-electron chi connectivity index (χ0n) is 21.0. The molecule has 1 N–H and O–H groups in total. The Morgan fingerprint density at radius 3 is 2.31 bits per heavy atom. The molecule has 5 rings (SSSR count). The van der Waals surface area contributed by atoms with Gasteiger partial charge in [-0.2, -0.15) is 4.98 Å². The Morgan fingerprint density at radius 1 is 0.917 bits per heavy atom. The molecule has 4 aromatic rings. The summed E-state index contributed by atoms with van der Waals surface area (Å²) >= 11 is 0. The van der Waals surface area contributed by atoms with Crippen LogP contribution in [0.2, 0.25) is 0 Å². The Balaban J connectivity index is 1.66. The Morgan fingerprint density at radius 2 is 1.64 bits per heavy atom. The number of nitrogens with zero attached hydrogens (tertiary/aromatic N) is 3. The summed E-state index contributed by atoms with van der Waals surface area (Å²) in [5.74, 6) is 1.59. The number of carbonyl (C=O) groups excluding carboxylic acids is 1. The van der Waals surface area contributed by atoms with Crippen LogP contribution in [0.3, 0.4) is 0 Å². The highest BCUT2D eigenvalue weighted by molar-refractivity contribution is 6.01. The van der Waals surface area contributed by atoms with Crippen molar-refractivity contribution >= 4 is 17.3 Å². The van der Waals surface area contributed by atoms with E-state index in [-0.39, 0.29) is 6.03 Å². The first-order chi connectivity index (χ1) is 17.3. The number of benzene rings is 3. The molecule has 1 aliphatic rings. The fourth-order valence-electron chi connectivity index (χ4n) is 4.69. The molecule has 0 fully saturated rings. The molecular formula is C29H28N4O3. The second-order valence-corrected chi connectivity index (χ2v) is 9.13. The van der Waals surface area contributed by atoms with Gasteiger partial charge in [0.2, 0.25) is 5.82 Å². The third-order valence-corrected chi connectivity index (χ3v) is 6.33. The van der Waals surface area contributed by atoms with Crippen molar-refractivity contribution in [2.24, 2.45) is 0 Å². The van der Waals surface area contributed by atoms with Gasteiger partial charge in [-0.1, -0.05) is 47.1 Å². The van der Waals surface area contributed by atoms with Crippen LogP contribution in [0.25, 0.3) is 17.0 Å². The second-order valence-electron chi connectivity index (χ2n) is 9.13. The molecular weight excluding hydrogens is 452 g/mol. The van der Waals surface area contributed by atoms with Gasteiger partial charge in [0.05, 0.1) is 24.4 Å². The van der Waals surface area contributed by atoms with Crippen LogP contribution in [0.4, 0.5) is 10.5 Å². The molecule has 0 aliphatic carbocycles. The van der Waals surface area contributed by atoms with Gasteiger partial charge in [0, 0.05) is 11.3 Å². The monoisotopic (exact) mass is 480 g/mol. The number of hydrogen-bond donors (Lipinski definition) is 1. The number of anilines is 1. The number of hydrogen-bond acceptors (Lipinski definition) is 5. The fourth-order valence-corrected chi connectivity index (χ4v) is 4.69. The average molecular weight is 481 g/mol. The van der Waals surface area contributed by atoms with Crippen molar-refractivity contribution in [2.75, 3.05) is 12.0 Å². The second kappa shape index (κ2) is 9.34. The molecule has 0 spiro atoms. The lowest BCUT2D eigenvalue weighted by atomic mass is 9.94. The summed E-state index contributed by atoms with van der Waals surface area (Å²) in [4.78, 5) is 19.9. The number of aromatic nitrogens is 2. The molecule has 0 saturated heterocycles. The minimum absolute atomic E-state index is 0.222. The molecule has 1 unspecified atom stereocenters. The number of nitrogens with one attached hydrogen (secondary N) is 1. The third kappa shape index (κ3) is 4.35. The van der Waals surface area contributed by atoms with Crippen LogP contribution in [0.5, 0.6) is 5.75 Å². The van der Waals surface area contributed by atoms with E-state index in [4.69, 9.17) is 14.2 Å². The lowest BCUT2D eigenvalue weighted by molar-refractivity contribution is 0.244. The number of methoxy groups -OCH3 is 1. The number of urea groups is 1. The van der Waals surface area contributed by atoms with Crippen molar-refractivity contribution in [3.63, 3.8) is 0 Å². The maximum absolute atomic E-state index is 13.5. The predicted octanol–water partition coefficient (Wildman–Crippen LogP) is 6.37. The first-order valence-corrected chi connectivity index (χ1v) is 11.8. The average Bonchev–Trinajstić information content (AvgIpc) is 3.33. The Kier molecular flexibility index (Phi) is 6.06. The van der Waals surface area contributed by atoms with Crippen LogP contribution < -0.4 is 15.0 Å². The minimum atomic E-state index is -0.476. The van der Waals surface area contributed by atoms with Gasteiger partial charge in [-0.15, -0.1) is 0 Å². The van der Waals surface area contributed by atoms with Crippen LogP contribution in [-0.2, 0) is 0 Å². The molecule has 182 valence electrons. The first-order valence-electron chi connectivity index (χ1n) is 11.8. The molecule has 0 bridgehead atoms. The van der Waals surface area contributed by atoms with E-state index in [9.17, 15) is 4.79 Å². The third-order valence-electron chi connectivity index (χ3n) is 6.33. The van der Waals surface area contributed by atoms with Crippen molar-refractivity contribution in [3.8, 4) is 17.1 Å². The van der Waals surface area contributed by atoms with E-state index in [0.717, 1.165) is 50.5 Å². The number of ether oxygens (including phenoxy) is 1. The predicted molar refractivity (Wildman–Crippen MR) is 140 cm³/mol. The molecule has 3 aromatic carbocycles. The Labute approximate surface area is 210 Å². The van der Waals surface area contributed by atoms with Gasteiger partial charge in [-0.25, -0.2) is 4.79 Å². The number of rotatable bonds is 5. The Bertz CT molecular complexity index is 1450. The standard InChI is InChI=1S/C29H28N4O3/c1-17-7-6-8-22(14-17)27-31-28(36-32-27)25-20(4)33(23-15-18(2)13-19(3)16-23)29(34)30-26(25)21-9-11-24(35-5)12-10-21/h6-16,26H,1-5H3,(H,30,34). The van der Waals surface area contributed by atoms with Crippen LogP contribution in [0, 0.1) is 20.8 Å². The van der Waals surface area contributed by atoms with Crippen LogP contribution in [-0.4, -0.2) is 23.3 Å². The molecule has 1 atom stereocenters. The molecule has 1 aromatic heterocycles. The molecule has 1 aliphatic heterocycles. The zero-order valence-corrected chi connectivity index (χ0v) is 21.0. The lowest BCUT2D eigenvalue weighted by Crippen LogP contribution is -2.46. The van der Waals surface area contributed by atoms with E-state index in [0.29, 0.717) is 11.7 Å². The van der Waals surface area contributed by atoms with Crippen molar-refractivity contribution in [1.82, 2.24) is 15.5 Å². The van der Waals surface area contributed by atoms with Crippen molar-refractivity contribution in [2.45, 2.75) is 33.7 Å². The summed E-state index contributed by atoms with van der Waals surface area (Å²) in [7, 11) is 1.62. The number of allylic oxidation sites excluding steroid dienone is 1. The molecule has 7 nitrogen and oxygen atoms in total. The lowest BCUT2D eigenvalue weighted by Gasteiger charge is -2.35. The van der Waals surface area contributed by atoms with E-state index >= 15 is 0 Å². The summed E-state index contributed by atoms with van der Waals surface area (Å²) in [6, 6.07) is 20.9. The van der Waals surface area contributed by atoms with E-state index in [2.05, 4.69) is 16.5 Å². The maximum atomic E-state index is 13.5. The normalized spacial score (nSPS) is 15.8. The minimum Gasteiger partial charge on any atom is -0.497 e. The molecule has 0 saturated carbocycles. The van der Waals surface area contributed by atoms with Gasteiger partial charge < -0.3 is 14.6 Å². The topological polar surface area (TPSA) is 80.5 Å². The largest absolute Gasteiger partial charge is 0.497 e. The molecule has 0 radical (unpaired) electrons. The molecule has 2 amide bonds. The van der Waals surface area contributed by atoms with E-state index in [1.165, 1.54) is 0 Å². The molecule has 7 heteroatoms. The quantitative estimate of drug-likeness (QED) is 0.359. The van der Waals surface area contributed by atoms with Gasteiger partial charge in [0.15, 0.2) is 0 Å². The number of carbonyl (C=O) groups is 1. The van der Waals surface area contributed by atoms with Crippen molar-refractivity contribution < 1.29 is 14.1 Å². The van der Waals surface area contributed by atoms with Crippen LogP contribution in [0.15, 0.2) is 77.0 Å². The molecule has 2 heterocycles. The van der Waals surface area contributed by atoms with Crippen LogP contribution >= 0.6 is 0 Å². The summed E-state index contributed by atoms with van der Waals surface area (Å²) in [6.07, 6.45) is 0. The SMILES string of the molecule is COc1ccc(C2NC(=O)N(c3cc(C)cc(C)c3)C(C)=C2c2nc(-c3cccc(C)c3)no2)cc1. The summed E-state index contributed by atoms with van der Waals surface area (Å²) in [6.45, 7) is 7.98. The fraction of sp³-hybridized carbons (Fsp3) is 0.207. The van der Waals surface area contributed by atoms with E-state index in [1.54, 1.807) is 12.0 Å². The number of amides is 2. The highest BCUT2D eigenvalue weighted by Crippen LogP contribution is 2.39. The van der Waals surface area contributed by atoms with Gasteiger partial charge in [-0.05, 0) is 74.7 Å². The Hall–Kier alpha value is -4.39.